The van der Waals surface area contributed by atoms with E-state index in [-0.39, 0.29) is 5.92 Å². The Morgan fingerprint density at radius 3 is 2.09 bits per heavy atom. The maximum Gasteiger partial charge on any atom is 0.0753 e. The van der Waals surface area contributed by atoms with Gasteiger partial charge in [-0.15, -0.1) is 0 Å². The Kier molecular flexibility index (Phi) is 5.06. The number of nitriles is 1. The lowest BCUT2D eigenvalue weighted by molar-refractivity contribution is 0.848. The fourth-order valence-corrected chi connectivity index (χ4v) is 2.44. The van der Waals surface area contributed by atoms with Crippen LogP contribution in [0.3, 0.4) is 0 Å². The van der Waals surface area contributed by atoms with E-state index >= 15 is 0 Å². The van der Waals surface area contributed by atoms with Crippen LogP contribution < -0.4 is 9.80 Å². The highest BCUT2D eigenvalue weighted by Crippen LogP contribution is 2.24. The molecule has 0 heterocycles. The third-order valence-electron chi connectivity index (χ3n) is 3.83. The number of hydrogen-bond donors (Lipinski definition) is 0. The van der Waals surface area contributed by atoms with E-state index in [0.29, 0.717) is 0 Å². The van der Waals surface area contributed by atoms with Crippen molar-refractivity contribution in [3.8, 4) is 6.07 Å². The quantitative estimate of drug-likeness (QED) is 0.842. The molecule has 0 saturated carbocycles. The summed E-state index contributed by atoms with van der Waals surface area (Å²) in [4.78, 5) is 4.14. The average molecular weight is 293 g/mol. The van der Waals surface area contributed by atoms with Crippen LogP contribution in [0.15, 0.2) is 48.5 Å². The molecule has 22 heavy (non-hydrogen) atoms. The van der Waals surface area contributed by atoms with E-state index < -0.39 is 0 Å². The van der Waals surface area contributed by atoms with Gasteiger partial charge >= 0.3 is 0 Å². The molecule has 0 N–H and O–H groups in total. The molecular formula is C19H23N3. The number of anilines is 2. The van der Waals surface area contributed by atoms with Gasteiger partial charge in [0.1, 0.15) is 0 Å². The molecule has 0 amide bonds. The van der Waals surface area contributed by atoms with Gasteiger partial charge in [-0.25, -0.2) is 0 Å². The lowest BCUT2D eigenvalue weighted by atomic mass is 9.93. The van der Waals surface area contributed by atoms with Crippen LogP contribution in [0.5, 0.6) is 0 Å². The molecule has 0 aliphatic heterocycles. The fraction of sp³-hybridized carbons (Fsp3) is 0.316. The maximum absolute atomic E-state index is 9.53. The minimum atomic E-state index is -0.117. The third kappa shape index (κ3) is 3.79. The molecular weight excluding hydrogens is 270 g/mol. The first kappa shape index (κ1) is 15.9. The van der Waals surface area contributed by atoms with Gasteiger partial charge in [0.2, 0.25) is 0 Å². The van der Waals surface area contributed by atoms with Gasteiger partial charge in [-0.05, 0) is 41.8 Å². The third-order valence-corrected chi connectivity index (χ3v) is 3.83. The van der Waals surface area contributed by atoms with E-state index in [0.717, 1.165) is 23.4 Å². The van der Waals surface area contributed by atoms with Crippen LogP contribution in [-0.2, 0) is 6.42 Å². The summed E-state index contributed by atoms with van der Waals surface area (Å²) in [5.41, 5.74) is 4.57. The summed E-state index contributed by atoms with van der Waals surface area (Å²) in [5.74, 6) is -0.117. The van der Waals surface area contributed by atoms with Crippen molar-refractivity contribution in [3.63, 3.8) is 0 Å². The number of rotatable bonds is 5. The maximum atomic E-state index is 9.53. The van der Waals surface area contributed by atoms with Crippen molar-refractivity contribution in [3.05, 3.63) is 59.7 Å². The highest BCUT2D eigenvalue weighted by molar-refractivity contribution is 5.49. The molecule has 114 valence electrons. The molecule has 3 heteroatoms. The number of hydrogen-bond acceptors (Lipinski definition) is 3. The van der Waals surface area contributed by atoms with Crippen molar-refractivity contribution >= 4 is 11.4 Å². The smallest absolute Gasteiger partial charge is 0.0753 e. The van der Waals surface area contributed by atoms with Crippen molar-refractivity contribution in [2.45, 2.75) is 12.3 Å². The largest absolute Gasteiger partial charge is 0.378 e. The number of nitrogens with zero attached hydrogens (tertiary/aromatic N) is 3. The van der Waals surface area contributed by atoms with Gasteiger partial charge in [-0.1, -0.05) is 24.3 Å². The van der Waals surface area contributed by atoms with Gasteiger partial charge in [0.05, 0.1) is 12.0 Å². The van der Waals surface area contributed by atoms with Crippen molar-refractivity contribution in [2.24, 2.45) is 0 Å². The molecule has 0 aliphatic rings. The molecule has 1 atom stereocenters. The minimum absolute atomic E-state index is 0.117. The zero-order valence-corrected chi connectivity index (χ0v) is 13.7. The molecule has 3 nitrogen and oxygen atoms in total. The monoisotopic (exact) mass is 293 g/mol. The van der Waals surface area contributed by atoms with Gasteiger partial charge in [0.25, 0.3) is 0 Å². The van der Waals surface area contributed by atoms with Crippen molar-refractivity contribution in [2.75, 3.05) is 38.0 Å². The van der Waals surface area contributed by atoms with E-state index in [4.69, 9.17) is 0 Å². The van der Waals surface area contributed by atoms with Crippen LogP contribution in [0.2, 0.25) is 0 Å². The van der Waals surface area contributed by atoms with Crippen molar-refractivity contribution in [1.29, 1.82) is 5.26 Å². The zero-order chi connectivity index (χ0) is 16.1. The SMILES string of the molecule is CN(C)c1ccc(C(C#N)Cc2cccc(N(C)C)c2)cc1. The molecule has 2 rings (SSSR count). The summed E-state index contributed by atoms with van der Waals surface area (Å²) in [6.07, 6.45) is 0.736. The lowest BCUT2D eigenvalue weighted by Crippen LogP contribution is -2.10. The first-order valence-corrected chi connectivity index (χ1v) is 7.44. The predicted molar refractivity (Wildman–Crippen MR) is 93.6 cm³/mol. The molecule has 0 aromatic heterocycles. The highest BCUT2D eigenvalue weighted by Gasteiger charge is 2.12. The highest BCUT2D eigenvalue weighted by atomic mass is 15.1. The second-order valence-corrected chi connectivity index (χ2v) is 5.94. The second kappa shape index (κ2) is 7.00. The molecule has 1 unspecified atom stereocenters. The van der Waals surface area contributed by atoms with Gasteiger partial charge in [-0.2, -0.15) is 5.26 Å². The fourth-order valence-electron chi connectivity index (χ4n) is 2.44. The normalized spacial score (nSPS) is 11.6. The van der Waals surface area contributed by atoms with Gasteiger partial charge in [0.15, 0.2) is 0 Å². The van der Waals surface area contributed by atoms with Crippen LogP contribution >= 0.6 is 0 Å². The van der Waals surface area contributed by atoms with Crippen LogP contribution in [-0.4, -0.2) is 28.2 Å². The summed E-state index contributed by atoms with van der Waals surface area (Å²) < 4.78 is 0. The summed E-state index contributed by atoms with van der Waals surface area (Å²) in [7, 11) is 8.09. The van der Waals surface area contributed by atoms with Crippen molar-refractivity contribution < 1.29 is 0 Å². The molecule has 2 aromatic rings. The van der Waals surface area contributed by atoms with E-state index in [9.17, 15) is 5.26 Å². The van der Waals surface area contributed by atoms with Crippen LogP contribution in [0.25, 0.3) is 0 Å². The molecule has 2 aromatic carbocycles. The van der Waals surface area contributed by atoms with E-state index in [1.54, 1.807) is 0 Å². The summed E-state index contributed by atoms with van der Waals surface area (Å²) in [6.45, 7) is 0. The summed E-state index contributed by atoms with van der Waals surface area (Å²) in [6, 6.07) is 19.0. The lowest BCUT2D eigenvalue weighted by Gasteiger charge is -2.16. The average Bonchev–Trinajstić information content (AvgIpc) is 2.53. The van der Waals surface area contributed by atoms with Gasteiger partial charge in [-0.3, -0.25) is 0 Å². The first-order valence-electron chi connectivity index (χ1n) is 7.44. The standard InChI is InChI=1S/C19H23N3/c1-21(2)18-10-8-16(9-11-18)17(14-20)12-15-6-5-7-19(13-15)22(3)4/h5-11,13,17H,12H2,1-4H3. The zero-order valence-electron chi connectivity index (χ0n) is 13.7. The number of benzene rings is 2. The minimum Gasteiger partial charge on any atom is -0.378 e. The van der Waals surface area contributed by atoms with Crippen molar-refractivity contribution in [1.82, 2.24) is 0 Å². The van der Waals surface area contributed by atoms with Gasteiger partial charge in [0, 0.05) is 39.6 Å². The Labute approximate surface area is 133 Å². The predicted octanol–water partition coefficient (Wildman–Crippen LogP) is 3.67. The van der Waals surface area contributed by atoms with Crippen LogP contribution in [0.4, 0.5) is 11.4 Å². The molecule has 0 fully saturated rings. The summed E-state index contributed by atoms with van der Waals surface area (Å²) >= 11 is 0. The molecule has 0 bridgehead atoms. The topological polar surface area (TPSA) is 30.3 Å². The van der Waals surface area contributed by atoms with E-state index in [1.807, 2.05) is 34.3 Å². The molecule has 0 spiro atoms. The van der Waals surface area contributed by atoms with E-state index in [1.165, 1.54) is 5.56 Å². The Morgan fingerprint density at radius 2 is 1.55 bits per heavy atom. The second-order valence-electron chi connectivity index (χ2n) is 5.94. The molecule has 0 aliphatic carbocycles. The molecule has 0 saturated heterocycles. The Balaban J connectivity index is 2.19. The Hall–Kier alpha value is -2.47. The molecule has 0 radical (unpaired) electrons. The Morgan fingerprint density at radius 1 is 0.909 bits per heavy atom. The van der Waals surface area contributed by atoms with E-state index in [2.05, 4.69) is 58.3 Å². The first-order chi connectivity index (χ1) is 10.5. The Bertz CT molecular complexity index is 651. The van der Waals surface area contributed by atoms with Crippen LogP contribution in [0, 0.1) is 11.3 Å². The summed E-state index contributed by atoms with van der Waals surface area (Å²) in [5, 5.41) is 9.53. The van der Waals surface area contributed by atoms with Crippen LogP contribution in [0.1, 0.15) is 17.0 Å². The van der Waals surface area contributed by atoms with Gasteiger partial charge < -0.3 is 9.80 Å².